The lowest BCUT2D eigenvalue weighted by atomic mass is 10.1. The van der Waals surface area contributed by atoms with Crippen LogP contribution >= 0.6 is 24.0 Å². The average Bonchev–Trinajstić information content (AvgIpc) is 2.62. The fraction of sp³-hybridized carbons (Fsp3) is 0.316. The van der Waals surface area contributed by atoms with E-state index in [1.807, 2.05) is 36.4 Å². The second kappa shape index (κ2) is 11.7. The summed E-state index contributed by atoms with van der Waals surface area (Å²) >= 11 is 0. The van der Waals surface area contributed by atoms with E-state index in [9.17, 15) is 0 Å². The standard InChI is InChI=1S/C19H25N3O2.HI/c1-3-12-24-14-16-7-5-4-6-15(16)13-21-19(20)22-17-8-10-18(23-2)11-9-17;/h4-11H,3,12-14H2,1-2H3,(H3,20,21,22);1H. The number of methoxy groups -OCH3 is 1. The normalized spacial score (nSPS) is 10.9. The summed E-state index contributed by atoms with van der Waals surface area (Å²) in [7, 11) is 1.64. The molecule has 0 aromatic heterocycles. The van der Waals surface area contributed by atoms with Crippen molar-refractivity contribution in [3.05, 3.63) is 59.7 Å². The van der Waals surface area contributed by atoms with E-state index in [0.29, 0.717) is 19.1 Å². The largest absolute Gasteiger partial charge is 0.497 e. The molecule has 0 unspecified atom stereocenters. The number of guanidine groups is 1. The molecule has 0 amide bonds. The number of aliphatic imine (C=N–C) groups is 1. The van der Waals surface area contributed by atoms with Gasteiger partial charge in [0, 0.05) is 12.3 Å². The molecule has 0 bridgehead atoms. The zero-order valence-corrected chi connectivity index (χ0v) is 17.0. The van der Waals surface area contributed by atoms with Crippen molar-refractivity contribution < 1.29 is 9.47 Å². The second-order valence-electron chi connectivity index (χ2n) is 5.38. The van der Waals surface area contributed by atoms with Crippen LogP contribution in [0.1, 0.15) is 24.5 Å². The molecule has 2 rings (SSSR count). The number of rotatable bonds is 8. The molecule has 0 atom stereocenters. The Kier molecular flexibility index (Phi) is 9.94. The van der Waals surface area contributed by atoms with Gasteiger partial charge in [-0.2, -0.15) is 0 Å². The van der Waals surface area contributed by atoms with E-state index >= 15 is 0 Å². The SMILES string of the molecule is CCCOCc1ccccc1CN=C(N)Nc1ccc(OC)cc1.I. The van der Waals surface area contributed by atoms with Gasteiger partial charge in [0.15, 0.2) is 5.96 Å². The molecule has 0 spiro atoms. The lowest BCUT2D eigenvalue weighted by Crippen LogP contribution is -2.22. The third kappa shape index (κ3) is 7.31. The third-order valence-corrected chi connectivity index (χ3v) is 3.51. The van der Waals surface area contributed by atoms with Crippen molar-refractivity contribution in [2.75, 3.05) is 19.0 Å². The van der Waals surface area contributed by atoms with Crippen LogP contribution in [0.2, 0.25) is 0 Å². The zero-order chi connectivity index (χ0) is 17.2. The molecule has 0 saturated carbocycles. The van der Waals surface area contributed by atoms with E-state index < -0.39 is 0 Å². The molecule has 6 heteroatoms. The summed E-state index contributed by atoms with van der Waals surface area (Å²) in [6.45, 7) is 3.98. The number of halogens is 1. The van der Waals surface area contributed by atoms with Gasteiger partial charge in [-0.3, -0.25) is 0 Å². The highest BCUT2D eigenvalue weighted by atomic mass is 127. The van der Waals surface area contributed by atoms with Gasteiger partial charge in [0.2, 0.25) is 0 Å². The lowest BCUT2D eigenvalue weighted by Gasteiger charge is -2.09. The molecule has 2 aromatic carbocycles. The van der Waals surface area contributed by atoms with Crippen molar-refractivity contribution >= 4 is 35.6 Å². The Balaban J connectivity index is 0.00000312. The number of anilines is 1. The van der Waals surface area contributed by atoms with Gasteiger partial charge < -0.3 is 20.5 Å². The fourth-order valence-electron chi connectivity index (χ4n) is 2.21. The molecule has 136 valence electrons. The van der Waals surface area contributed by atoms with Crippen LogP contribution in [-0.2, 0) is 17.9 Å². The van der Waals surface area contributed by atoms with Crippen LogP contribution in [0.5, 0.6) is 5.75 Å². The summed E-state index contributed by atoms with van der Waals surface area (Å²) in [5.74, 6) is 1.18. The van der Waals surface area contributed by atoms with Gasteiger partial charge in [-0.05, 0) is 41.8 Å². The van der Waals surface area contributed by atoms with Crippen LogP contribution in [0.3, 0.4) is 0 Å². The highest BCUT2D eigenvalue weighted by Crippen LogP contribution is 2.15. The highest BCUT2D eigenvalue weighted by molar-refractivity contribution is 14.0. The third-order valence-electron chi connectivity index (χ3n) is 3.51. The summed E-state index contributed by atoms with van der Waals surface area (Å²) in [6, 6.07) is 15.7. The maximum absolute atomic E-state index is 5.97. The van der Waals surface area contributed by atoms with Crippen LogP contribution in [-0.4, -0.2) is 19.7 Å². The monoisotopic (exact) mass is 455 g/mol. The van der Waals surface area contributed by atoms with Crippen molar-refractivity contribution in [3.63, 3.8) is 0 Å². The van der Waals surface area contributed by atoms with Gasteiger partial charge >= 0.3 is 0 Å². The van der Waals surface area contributed by atoms with Crippen LogP contribution in [0, 0.1) is 0 Å². The molecular formula is C19H26IN3O2. The predicted molar refractivity (Wildman–Crippen MR) is 114 cm³/mol. The summed E-state index contributed by atoms with van der Waals surface area (Å²) in [5.41, 5.74) is 9.11. The smallest absolute Gasteiger partial charge is 0.193 e. The first-order valence-electron chi connectivity index (χ1n) is 8.08. The molecule has 0 heterocycles. The average molecular weight is 455 g/mol. The Hall–Kier alpha value is -1.80. The van der Waals surface area contributed by atoms with Crippen molar-refractivity contribution in [2.45, 2.75) is 26.5 Å². The molecule has 5 nitrogen and oxygen atoms in total. The molecule has 0 aliphatic rings. The quantitative estimate of drug-likeness (QED) is 0.272. The van der Waals surface area contributed by atoms with E-state index in [1.165, 1.54) is 0 Å². The predicted octanol–water partition coefficient (Wildman–Crippen LogP) is 4.17. The number of hydrogen-bond donors (Lipinski definition) is 2. The van der Waals surface area contributed by atoms with E-state index in [4.69, 9.17) is 15.2 Å². The van der Waals surface area contributed by atoms with Gasteiger partial charge in [0.25, 0.3) is 0 Å². The molecule has 0 saturated heterocycles. The fourth-order valence-corrected chi connectivity index (χ4v) is 2.21. The first-order valence-corrected chi connectivity index (χ1v) is 8.08. The Morgan fingerprint density at radius 2 is 1.76 bits per heavy atom. The number of ether oxygens (including phenoxy) is 2. The Morgan fingerprint density at radius 3 is 2.40 bits per heavy atom. The number of nitrogens with zero attached hydrogens (tertiary/aromatic N) is 1. The molecule has 0 aliphatic carbocycles. The first-order chi connectivity index (χ1) is 11.7. The van der Waals surface area contributed by atoms with E-state index in [0.717, 1.165) is 35.6 Å². The zero-order valence-electron chi connectivity index (χ0n) is 14.7. The molecule has 0 radical (unpaired) electrons. The minimum absolute atomic E-state index is 0. The van der Waals surface area contributed by atoms with Crippen molar-refractivity contribution in [1.29, 1.82) is 0 Å². The van der Waals surface area contributed by atoms with E-state index in [2.05, 4.69) is 29.4 Å². The van der Waals surface area contributed by atoms with E-state index in [-0.39, 0.29) is 24.0 Å². The molecule has 3 N–H and O–H groups in total. The topological polar surface area (TPSA) is 68.9 Å². The Morgan fingerprint density at radius 1 is 1.08 bits per heavy atom. The number of nitrogens with one attached hydrogen (secondary N) is 1. The van der Waals surface area contributed by atoms with Gasteiger partial charge in [-0.15, -0.1) is 24.0 Å². The minimum Gasteiger partial charge on any atom is -0.497 e. The van der Waals surface area contributed by atoms with E-state index in [1.54, 1.807) is 7.11 Å². The van der Waals surface area contributed by atoms with Gasteiger partial charge in [0.05, 0.1) is 20.3 Å². The van der Waals surface area contributed by atoms with Crippen molar-refractivity contribution in [2.24, 2.45) is 10.7 Å². The Labute approximate surface area is 166 Å². The number of nitrogens with two attached hydrogens (primary N) is 1. The van der Waals surface area contributed by atoms with Crippen molar-refractivity contribution in [3.8, 4) is 5.75 Å². The lowest BCUT2D eigenvalue weighted by molar-refractivity contribution is 0.121. The van der Waals surface area contributed by atoms with Crippen LogP contribution in [0.25, 0.3) is 0 Å². The van der Waals surface area contributed by atoms with Crippen LogP contribution in [0.15, 0.2) is 53.5 Å². The molecule has 0 fully saturated rings. The number of benzene rings is 2. The first kappa shape index (κ1) is 21.2. The maximum atomic E-state index is 5.97. The van der Waals surface area contributed by atoms with Gasteiger partial charge in [-0.25, -0.2) is 4.99 Å². The maximum Gasteiger partial charge on any atom is 0.193 e. The second-order valence-corrected chi connectivity index (χ2v) is 5.38. The van der Waals surface area contributed by atoms with Crippen molar-refractivity contribution in [1.82, 2.24) is 0 Å². The summed E-state index contributed by atoms with van der Waals surface area (Å²) in [5, 5.41) is 3.08. The minimum atomic E-state index is 0. The summed E-state index contributed by atoms with van der Waals surface area (Å²) in [6.07, 6.45) is 1.01. The molecule has 0 aliphatic heterocycles. The van der Waals surface area contributed by atoms with Gasteiger partial charge in [0.1, 0.15) is 5.75 Å². The van der Waals surface area contributed by atoms with Gasteiger partial charge in [-0.1, -0.05) is 31.2 Å². The molecular weight excluding hydrogens is 429 g/mol. The highest BCUT2D eigenvalue weighted by Gasteiger charge is 2.02. The van der Waals surface area contributed by atoms with Crippen LogP contribution in [0.4, 0.5) is 5.69 Å². The molecule has 25 heavy (non-hydrogen) atoms. The summed E-state index contributed by atoms with van der Waals surface area (Å²) < 4.78 is 10.8. The summed E-state index contributed by atoms with van der Waals surface area (Å²) in [4.78, 5) is 4.42. The van der Waals surface area contributed by atoms with Crippen LogP contribution < -0.4 is 15.8 Å². The molecule has 2 aromatic rings. The number of hydrogen-bond acceptors (Lipinski definition) is 3. The Bertz CT molecular complexity index is 660.